The van der Waals surface area contributed by atoms with Gasteiger partial charge in [0, 0.05) is 28.3 Å². The molecule has 0 fully saturated rings. The first-order chi connectivity index (χ1) is 6.79. The number of benzene rings is 1. The molecule has 5 heteroatoms. The number of halogens is 1. The van der Waals surface area contributed by atoms with E-state index in [0.29, 0.717) is 0 Å². The summed E-state index contributed by atoms with van der Waals surface area (Å²) in [5.41, 5.74) is 0.857. The second-order valence-electron chi connectivity index (χ2n) is 2.56. The van der Waals surface area contributed by atoms with Crippen molar-refractivity contribution in [3.8, 4) is 0 Å². The van der Waals surface area contributed by atoms with Crippen LogP contribution in [0, 0.1) is 0 Å². The molecule has 0 aromatic heterocycles. The van der Waals surface area contributed by atoms with Crippen LogP contribution in [0.1, 0.15) is 11.7 Å². The van der Waals surface area contributed by atoms with E-state index in [1.54, 1.807) is 7.05 Å². The Labute approximate surface area is 99.4 Å². The van der Waals surface area contributed by atoms with Gasteiger partial charge in [0.05, 0.1) is 9.21 Å². The Morgan fingerprint density at radius 2 is 2.14 bits per heavy atom. The lowest BCUT2D eigenvalue weighted by molar-refractivity contribution is -0.127. The zero-order valence-electron chi connectivity index (χ0n) is 7.57. The number of nitrogens with one attached hydrogen (secondary N) is 1. The first-order valence-electron chi connectivity index (χ1n) is 4.00. The standard InChI is InChI=1S/C9H10INO2S/c1-11-9(12)8(13-14-10)7-5-3-2-4-6-7/h2-6,8H,1H3,(H,11,12)/t8-/m0/s1. The van der Waals surface area contributed by atoms with Gasteiger partial charge in [-0.05, 0) is 5.56 Å². The monoisotopic (exact) mass is 323 g/mol. The summed E-state index contributed by atoms with van der Waals surface area (Å²) in [4.78, 5) is 11.4. The molecule has 0 saturated carbocycles. The maximum atomic E-state index is 11.4. The minimum absolute atomic E-state index is 0.139. The predicted molar refractivity (Wildman–Crippen MR) is 65.9 cm³/mol. The van der Waals surface area contributed by atoms with Gasteiger partial charge in [-0.2, -0.15) is 0 Å². The van der Waals surface area contributed by atoms with Crippen molar-refractivity contribution >= 4 is 36.3 Å². The molecule has 0 heterocycles. The molecule has 0 aliphatic heterocycles. The molecular formula is C9H10INO2S. The minimum Gasteiger partial charge on any atom is -0.357 e. The Balaban J connectivity index is 2.83. The third kappa shape index (κ3) is 3.14. The lowest BCUT2D eigenvalue weighted by atomic mass is 10.1. The molecule has 14 heavy (non-hydrogen) atoms. The van der Waals surface area contributed by atoms with Gasteiger partial charge in [-0.3, -0.25) is 8.98 Å². The van der Waals surface area contributed by atoms with Crippen LogP contribution in [0.4, 0.5) is 0 Å². The van der Waals surface area contributed by atoms with Gasteiger partial charge in [0.15, 0.2) is 6.10 Å². The molecule has 0 bridgehead atoms. The zero-order chi connectivity index (χ0) is 10.4. The second-order valence-corrected chi connectivity index (χ2v) is 3.96. The first-order valence-corrected chi connectivity index (χ1v) is 7.28. The lowest BCUT2D eigenvalue weighted by Crippen LogP contribution is -2.26. The smallest absolute Gasteiger partial charge is 0.254 e. The molecule has 1 amide bonds. The van der Waals surface area contributed by atoms with Crippen molar-refractivity contribution in [1.29, 1.82) is 0 Å². The average Bonchev–Trinajstić information content (AvgIpc) is 2.26. The van der Waals surface area contributed by atoms with Crippen LogP contribution in [0.5, 0.6) is 0 Å². The highest BCUT2D eigenvalue weighted by atomic mass is 127. The molecule has 0 aliphatic carbocycles. The van der Waals surface area contributed by atoms with Crippen molar-refractivity contribution in [2.45, 2.75) is 6.10 Å². The fourth-order valence-electron chi connectivity index (χ4n) is 1.05. The van der Waals surface area contributed by atoms with Crippen molar-refractivity contribution in [1.82, 2.24) is 5.32 Å². The molecule has 76 valence electrons. The van der Waals surface area contributed by atoms with Gasteiger partial charge in [-0.15, -0.1) is 0 Å². The van der Waals surface area contributed by atoms with Crippen LogP contribution in [0.25, 0.3) is 0 Å². The molecule has 0 saturated heterocycles. The highest BCUT2D eigenvalue weighted by molar-refractivity contribution is 14.2. The number of hydrogen-bond acceptors (Lipinski definition) is 3. The average molecular weight is 323 g/mol. The predicted octanol–water partition coefficient (Wildman–Crippen LogP) is 2.49. The normalized spacial score (nSPS) is 12.1. The van der Waals surface area contributed by atoms with Crippen LogP contribution in [0.3, 0.4) is 0 Å². The maximum absolute atomic E-state index is 11.4. The summed E-state index contributed by atoms with van der Waals surface area (Å²) >= 11 is 1.99. The summed E-state index contributed by atoms with van der Waals surface area (Å²) in [6.07, 6.45) is -0.539. The molecule has 1 N–H and O–H groups in total. The lowest BCUT2D eigenvalue weighted by Gasteiger charge is -2.13. The van der Waals surface area contributed by atoms with Crippen LogP contribution >= 0.6 is 30.4 Å². The summed E-state index contributed by atoms with van der Waals surface area (Å²) < 4.78 is 5.27. The van der Waals surface area contributed by atoms with Crippen LogP contribution in [0.2, 0.25) is 0 Å². The third-order valence-corrected chi connectivity index (χ3v) is 2.61. The number of carbonyl (C=O) groups excluding carboxylic acids is 1. The summed E-state index contributed by atoms with van der Waals surface area (Å²) in [7, 11) is 2.75. The van der Waals surface area contributed by atoms with E-state index in [0.717, 1.165) is 14.8 Å². The quantitative estimate of drug-likeness (QED) is 0.683. The Bertz CT molecular complexity index is 294. The molecule has 0 unspecified atom stereocenters. The number of amides is 1. The summed E-state index contributed by atoms with van der Waals surface area (Å²) in [5, 5.41) is 2.57. The van der Waals surface area contributed by atoms with Crippen molar-refractivity contribution in [3.05, 3.63) is 35.9 Å². The molecule has 1 aromatic carbocycles. The summed E-state index contributed by atoms with van der Waals surface area (Å²) in [6.45, 7) is 0. The van der Waals surface area contributed by atoms with Crippen molar-refractivity contribution in [2.75, 3.05) is 7.05 Å². The highest BCUT2D eigenvalue weighted by Gasteiger charge is 2.19. The molecule has 3 nitrogen and oxygen atoms in total. The summed E-state index contributed by atoms with van der Waals surface area (Å²) in [6, 6.07) is 9.40. The van der Waals surface area contributed by atoms with Crippen molar-refractivity contribution < 1.29 is 8.98 Å². The molecule has 0 spiro atoms. The van der Waals surface area contributed by atoms with Crippen LogP contribution in [-0.2, 0) is 8.98 Å². The van der Waals surface area contributed by atoms with Gasteiger partial charge in [-0.25, -0.2) is 0 Å². The van der Waals surface area contributed by atoms with Gasteiger partial charge in [-0.1, -0.05) is 30.3 Å². The van der Waals surface area contributed by atoms with Gasteiger partial charge >= 0.3 is 0 Å². The largest absolute Gasteiger partial charge is 0.357 e. The van der Waals surface area contributed by atoms with Gasteiger partial charge in [0.1, 0.15) is 0 Å². The molecular weight excluding hydrogens is 313 g/mol. The van der Waals surface area contributed by atoms with E-state index in [1.807, 2.05) is 51.5 Å². The first kappa shape index (κ1) is 11.8. The molecule has 0 aliphatic rings. The molecule has 1 rings (SSSR count). The Kier molecular flexibility index (Phi) is 5.28. The molecule has 1 aromatic rings. The van der Waals surface area contributed by atoms with Crippen molar-refractivity contribution in [2.24, 2.45) is 0 Å². The SMILES string of the molecule is CNC(=O)[C@@H](OSI)c1ccccc1. The van der Waals surface area contributed by atoms with Crippen LogP contribution in [0.15, 0.2) is 30.3 Å². The van der Waals surface area contributed by atoms with Gasteiger partial charge < -0.3 is 5.32 Å². The van der Waals surface area contributed by atoms with E-state index in [4.69, 9.17) is 4.18 Å². The van der Waals surface area contributed by atoms with E-state index in [1.165, 1.54) is 0 Å². The van der Waals surface area contributed by atoms with Crippen LogP contribution in [-0.4, -0.2) is 13.0 Å². The molecule has 1 atom stereocenters. The van der Waals surface area contributed by atoms with E-state index in [-0.39, 0.29) is 5.91 Å². The Morgan fingerprint density at radius 1 is 1.50 bits per heavy atom. The number of carbonyl (C=O) groups is 1. The topological polar surface area (TPSA) is 38.3 Å². The van der Waals surface area contributed by atoms with E-state index >= 15 is 0 Å². The third-order valence-electron chi connectivity index (χ3n) is 1.72. The maximum Gasteiger partial charge on any atom is 0.254 e. The zero-order valence-corrected chi connectivity index (χ0v) is 10.5. The minimum atomic E-state index is -0.539. The van der Waals surface area contributed by atoms with E-state index in [9.17, 15) is 4.79 Å². The molecule has 0 radical (unpaired) electrons. The number of hydrogen-bond donors (Lipinski definition) is 1. The van der Waals surface area contributed by atoms with E-state index < -0.39 is 6.10 Å². The van der Waals surface area contributed by atoms with Gasteiger partial charge in [0.25, 0.3) is 5.91 Å². The van der Waals surface area contributed by atoms with Crippen molar-refractivity contribution in [3.63, 3.8) is 0 Å². The fraction of sp³-hybridized carbons (Fsp3) is 0.222. The highest BCUT2D eigenvalue weighted by Crippen LogP contribution is 2.26. The summed E-state index contributed by atoms with van der Waals surface area (Å²) in [5.74, 6) is -0.139. The van der Waals surface area contributed by atoms with E-state index in [2.05, 4.69) is 5.32 Å². The van der Waals surface area contributed by atoms with Gasteiger partial charge in [0.2, 0.25) is 0 Å². The Morgan fingerprint density at radius 3 is 2.64 bits per heavy atom. The Hall–Kier alpha value is -0.270. The van der Waals surface area contributed by atoms with Crippen LogP contribution < -0.4 is 5.32 Å². The number of likely N-dealkylation sites (N-methyl/N-ethyl adjacent to an activating group) is 1. The number of rotatable bonds is 4. The second kappa shape index (κ2) is 6.26. The fourth-order valence-corrected chi connectivity index (χ4v) is 1.94.